The Kier molecular flexibility index (Phi) is 8.69. The Hall–Kier alpha value is -3.02. The molecule has 2 aromatic rings. The molecule has 3 N–H and O–H groups in total. The van der Waals surface area contributed by atoms with Crippen LogP contribution in [0.2, 0.25) is 5.02 Å². The first-order valence-electron chi connectivity index (χ1n) is 12.6. The van der Waals surface area contributed by atoms with Crippen LogP contribution in [-0.4, -0.2) is 78.2 Å². The molecule has 2 heterocycles. The average molecular weight is 561 g/mol. The van der Waals surface area contributed by atoms with Crippen molar-refractivity contribution in [2.24, 2.45) is 5.92 Å². The number of rotatable bonds is 5. The molecule has 1 saturated carbocycles. The molecule has 0 spiro atoms. The normalized spacial score (nSPS) is 21.2. The van der Waals surface area contributed by atoms with Crippen molar-refractivity contribution in [1.29, 1.82) is 0 Å². The third kappa shape index (κ3) is 6.51. The van der Waals surface area contributed by atoms with Crippen LogP contribution in [0.5, 0.6) is 0 Å². The van der Waals surface area contributed by atoms with Gasteiger partial charge in [0, 0.05) is 61.2 Å². The van der Waals surface area contributed by atoms with Gasteiger partial charge in [-0.3, -0.25) is 19.2 Å². The van der Waals surface area contributed by atoms with E-state index in [4.69, 9.17) is 11.6 Å². The van der Waals surface area contributed by atoms with Gasteiger partial charge in [-0.1, -0.05) is 11.6 Å². The van der Waals surface area contributed by atoms with Gasteiger partial charge in [0.05, 0.1) is 11.7 Å². The number of carbonyl (C=O) groups is 4. The predicted octanol–water partition coefficient (Wildman–Crippen LogP) is 2.20. The van der Waals surface area contributed by atoms with Crippen LogP contribution in [0.1, 0.15) is 45.2 Å². The fourth-order valence-electron chi connectivity index (χ4n) is 4.92. The number of nitrogens with zero attached hydrogens (tertiary/aromatic N) is 3. The number of aromatic nitrogens is 1. The molecule has 1 aliphatic carbocycles. The molecule has 3 atom stereocenters. The number of anilines is 1. The van der Waals surface area contributed by atoms with E-state index in [-0.39, 0.29) is 17.7 Å². The van der Waals surface area contributed by atoms with Crippen molar-refractivity contribution in [2.45, 2.75) is 51.2 Å². The Morgan fingerprint density at radius 3 is 2.58 bits per heavy atom. The third-order valence-corrected chi connectivity index (χ3v) is 8.35. The average Bonchev–Trinajstić information content (AvgIpc) is 3.29. The molecule has 0 radical (unpaired) electrons. The van der Waals surface area contributed by atoms with Gasteiger partial charge in [0.15, 0.2) is 5.01 Å². The summed E-state index contributed by atoms with van der Waals surface area (Å²) in [6.07, 6.45) is 2.11. The van der Waals surface area contributed by atoms with Gasteiger partial charge in [-0.2, -0.15) is 0 Å². The molecule has 4 amide bonds. The van der Waals surface area contributed by atoms with Gasteiger partial charge in [0.2, 0.25) is 5.91 Å². The molecule has 1 aliphatic heterocycles. The zero-order chi connectivity index (χ0) is 27.6. The standard InChI is InChI=1S/C26H33ClN6O4S/c1-14-11-16(27)6-8-17(14)28-22(34)23(35)29-18-7-5-15(26(37)32(2)3)12-20(18)30-24(36)25-31-19-9-10-33(4)13-21(19)38-25/h6,8,11,15,18,20H,5,7,9-10,12-13H2,1-4H3,(H,28,34)(H,29,35)(H,30,36)/t15-,18-,20+/m0/s1. The molecule has 12 heteroatoms. The minimum Gasteiger partial charge on any atom is -0.349 e. The summed E-state index contributed by atoms with van der Waals surface area (Å²) in [5.74, 6) is -2.29. The molecule has 4 rings (SSSR count). The second-order valence-corrected chi connectivity index (χ2v) is 11.7. The summed E-state index contributed by atoms with van der Waals surface area (Å²) in [5, 5.41) is 9.29. The number of fused-ring (bicyclic) bond motifs is 1. The van der Waals surface area contributed by atoms with E-state index in [9.17, 15) is 19.2 Å². The lowest BCUT2D eigenvalue weighted by Gasteiger charge is -2.37. The van der Waals surface area contributed by atoms with Gasteiger partial charge in [-0.05, 0) is 57.0 Å². The summed E-state index contributed by atoms with van der Waals surface area (Å²) in [6, 6.07) is 3.90. The molecule has 10 nitrogen and oxygen atoms in total. The van der Waals surface area contributed by atoms with Gasteiger partial charge in [-0.25, -0.2) is 4.98 Å². The number of nitrogens with one attached hydrogen (secondary N) is 3. The Balaban J connectivity index is 1.46. The lowest BCUT2D eigenvalue weighted by molar-refractivity contribution is -0.137. The molecule has 1 aromatic carbocycles. The maximum absolute atomic E-state index is 13.2. The molecular formula is C26H33ClN6O4S. The number of thiazole rings is 1. The first kappa shape index (κ1) is 28.0. The smallest absolute Gasteiger partial charge is 0.313 e. The molecule has 0 unspecified atom stereocenters. The summed E-state index contributed by atoms with van der Waals surface area (Å²) < 4.78 is 0. The van der Waals surface area contributed by atoms with Crippen molar-refractivity contribution < 1.29 is 19.2 Å². The molecule has 1 fully saturated rings. The highest BCUT2D eigenvalue weighted by molar-refractivity contribution is 7.13. The van der Waals surface area contributed by atoms with Gasteiger partial charge in [0.1, 0.15) is 0 Å². The lowest BCUT2D eigenvalue weighted by atomic mass is 9.81. The van der Waals surface area contributed by atoms with Crippen molar-refractivity contribution in [3.05, 3.63) is 44.4 Å². The molecule has 38 heavy (non-hydrogen) atoms. The van der Waals surface area contributed by atoms with Crippen LogP contribution in [0.25, 0.3) is 0 Å². The van der Waals surface area contributed by atoms with Crippen LogP contribution in [0.3, 0.4) is 0 Å². The monoisotopic (exact) mass is 560 g/mol. The molecule has 2 aliphatic rings. The highest BCUT2D eigenvalue weighted by Gasteiger charge is 2.37. The van der Waals surface area contributed by atoms with Crippen molar-refractivity contribution in [1.82, 2.24) is 25.4 Å². The Morgan fingerprint density at radius 1 is 1.11 bits per heavy atom. The summed E-state index contributed by atoms with van der Waals surface area (Å²) in [6.45, 7) is 3.42. The highest BCUT2D eigenvalue weighted by Crippen LogP contribution is 2.28. The topological polar surface area (TPSA) is 124 Å². The minimum absolute atomic E-state index is 0.0299. The zero-order valence-corrected chi connectivity index (χ0v) is 23.5. The van der Waals surface area contributed by atoms with E-state index in [0.717, 1.165) is 35.6 Å². The first-order chi connectivity index (χ1) is 18.0. The van der Waals surface area contributed by atoms with Crippen LogP contribution < -0.4 is 16.0 Å². The van der Waals surface area contributed by atoms with Crippen molar-refractivity contribution in [2.75, 3.05) is 33.0 Å². The summed E-state index contributed by atoms with van der Waals surface area (Å²) >= 11 is 7.35. The number of halogens is 1. The van der Waals surface area contributed by atoms with Crippen molar-refractivity contribution in [3.8, 4) is 0 Å². The van der Waals surface area contributed by atoms with E-state index in [1.165, 1.54) is 16.2 Å². The molecule has 204 valence electrons. The van der Waals surface area contributed by atoms with Crippen LogP contribution >= 0.6 is 22.9 Å². The summed E-state index contributed by atoms with van der Waals surface area (Å²) in [7, 11) is 5.43. The number of carbonyl (C=O) groups excluding carboxylic acids is 4. The fraction of sp³-hybridized carbons (Fsp3) is 0.500. The van der Waals surface area contributed by atoms with Crippen LogP contribution in [0, 0.1) is 12.8 Å². The van der Waals surface area contributed by atoms with E-state index < -0.39 is 23.9 Å². The van der Waals surface area contributed by atoms with Crippen LogP contribution in [0.4, 0.5) is 5.69 Å². The molecular weight excluding hydrogens is 528 g/mol. The second kappa shape index (κ2) is 11.8. The predicted molar refractivity (Wildman–Crippen MR) is 146 cm³/mol. The van der Waals surface area contributed by atoms with Gasteiger partial charge >= 0.3 is 11.8 Å². The molecule has 0 saturated heterocycles. The maximum atomic E-state index is 13.2. The highest BCUT2D eigenvalue weighted by atomic mass is 35.5. The van der Waals surface area contributed by atoms with E-state index in [1.54, 1.807) is 39.2 Å². The number of amides is 4. The molecule has 0 bridgehead atoms. The van der Waals surface area contributed by atoms with Crippen LogP contribution in [0.15, 0.2) is 18.2 Å². The quantitative estimate of drug-likeness (QED) is 0.482. The van der Waals surface area contributed by atoms with Crippen molar-refractivity contribution in [3.63, 3.8) is 0 Å². The number of likely N-dealkylation sites (N-methyl/N-ethyl adjacent to an activating group) is 1. The maximum Gasteiger partial charge on any atom is 0.313 e. The minimum atomic E-state index is -0.816. The summed E-state index contributed by atoms with van der Waals surface area (Å²) in [5.41, 5.74) is 2.16. The summed E-state index contributed by atoms with van der Waals surface area (Å²) in [4.78, 5) is 60.8. The van der Waals surface area contributed by atoms with Gasteiger partial charge in [0.25, 0.3) is 5.91 Å². The van der Waals surface area contributed by atoms with Gasteiger partial charge < -0.3 is 25.8 Å². The first-order valence-corrected chi connectivity index (χ1v) is 13.8. The number of aryl methyl sites for hydroxylation is 1. The number of benzene rings is 1. The second-order valence-electron chi connectivity index (χ2n) is 10.2. The molecule has 1 aromatic heterocycles. The third-order valence-electron chi connectivity index (χ3n) is 7.03. The Labute approximate surface area is 231 Å². The Morgan fingerprint density at radius 2 is 1.87 bits per heavy atom. The SMILES string of the molecule is Cc1cc(Cl)ccc1NC(=O)C(=O)N[C@H]1CC[C@H](C(=O)N(C)C)C[C@H]1NC(=O)c1nc2c(s1)CN(C)CC2. The largest absolute Gasteiger partial charge is 0.349 e. The van der Waals surface area contributed by atoms with E-state index in [0.29, 0.717) is 35.0 Å². The van der Waals surface area contributed by atoms with E-state index >= 15 is 0 Å². The van der Waals surface area contributed by atoms with Crippen molar-refractivity contribution >= 4 is 52.3 Å². The number of hydrogen-bond donors (Lipinski definition) is 3. The van der Waals surface area contributed by atoms with Crippen LogP contribution in [-0.2, 0) is 27.3 Å². The zero-order valence-electron chi connectivity index (χ0n) is 22.0. The van der Waals surface area contributed by atoms with Gasteiger partial charge in [-0.15, -0.1) is 11.3 Å². The number of hydrogen-bond acceptors (Lipinski definition) is 7. The lowest BCUT2D eigenvalue weighted by Crippen LogP contribution is -2.57. The fourth-order valence-corrected chi connectivity index (χ4v) is 6.24. The van der Waals surface area contributed by atoms with E-state index in [1.807, 2.05) is 7.05 Å². The Bertz CT molecular complexity index is 1250. The van der Waals surface area contributed by atoms with E-state index in [2.05, 4.69) is 25.8 Å².